The van der Waals surface area contributed by atoms with Gasteiger partial charge in [0.2, 0.25) is 0 Å². The van der Waals surface area contributed by atoms with Crippen LogP contribution in [0.25, 0.3) is 22.9 Å². The Labute approximate surface area is 161 Å². The monoisotopic (exact) mass is 378 g/mol. The van der Waals surface area contributed by atoms with Gasteiger partial charge in [-0.15, -0.1) is 11.3 Å². The highest BCUT2D eigenvalue weighted by molar-refractivity contribution is 7.11. The summed E-state index contributed by atoms with van der Waals surface area (Å²) in [5.74, 6) is 1.22. The molecule has 3 rings (SSSR count). The minimum atomic E-state index is 0.0714. The molecule has 136 valence electrons. The lowest BCUT2D eigenvalue weighted by molar-refractivity contribution is 0.318. The Balaban J connectivity index is 1.93. The molecular weight excluding hydrogens is 360 g/mol. The minimum Gasteiger partial charge on any atom is -0.504 e. The molecule has 0 bridgehead atoms. The van der Waals surface area contributed by atoms with Gasteiger partial charge in [0.15, 0.2) is 11.5 Å². The van der Waals surface area contributed by atoms with Crippen LogP contribution in [0.15, 0.2) is 47.8 Å². The number of methoxy groups -OCH3 is 1. The Bertz CT molecular complexity index is 1020. The molecular formula is C21H18N2O3S. The fourth-order valence-corrected chi connectivity index (χ4v) is 3.31. The number of aromatic nitrogens is 1. The second kappa shape index (κ2) is 8.39. The van der Waals surface area contributed by atoms with Crippen LogP contribution in [0.1, 0.15) is 17.5 Å². The smallest absolute Gasteiger partial charge is 0.161 e. The van der Waals surface area contributed by atoms with E-state index >= 15 is 0 Å². The lowest BCUT2D eigenvalue weighted by Gasteiger charge is -2.06. The van der Waals surface area contributed by atoms with Gasteiger partial charge in [-0.2, -0.15) is 5.26 Å². The van der Waals surface area contributed by atoms with Crippen molar-refractivity contribution in [3.63, 3.8) is 0 Å². The number of rotatable bonds is 6. The maximum atomic E-state index is 9.82. The van der Waals surface area contributed by atoms with E-state index in [2.05, 4.69) is 11.1 Å². The van der Waals surface area contributed by atoms with Gasteiger partial charge in [-0.05, 0) is 42.8 Å². The topological polar surface area (TPSA) is 75.4 Å². The molecule has 0 amide bonds. The molecule has 0 saturated carbocycles. The molecule has 0 unspecified atom stereocenters. The van der Waals surface area contributed by atoms with Crippen LogP contribution in [0, 0.1) is 11.3 Å². The summed E-state index contributed by atoms with van der Waals surface area (Å²) >= 11 is 1.40. The Kier molecular flexibility index (Phi) is 5.74. The molecule has 1 aromatic heterocycles. The van der Waals surface area contributed by atoms with Crippen LogP contribution in [-0.2, 0) is 0 Å². The number of benzene rings is 2. The van der Waals surface area contributed by atoms with Crippen LogP contribution in [0.5, 0.6) is 17.2 Å². The van der Waals surface area contributed by atoms with Crippen molar-refractivity contribution in [2.24, 2.45) is 0 Å². The number of thiazole rings is 1. The van der Waals surface area contributed by atoms with Crippen molar-refractivity contribution in [3.05, 3.63) is 58.4 Å². The van der Waals surface area contributed by atoms with Crippen LogP contribution >= 0.6 is 11.3 Å². The van der Waals surface area contributed by atoms with Crippen LogP contribution in [0.4, 0.5) is 0 Å². The molecule has 0 fully saturated rings. The van der Waals surface area contributed by atoms with Crippen LogP contribution in [-0.4, -0.2) is 23.8 Å². The third-order valence-corrected chi connectivity index (χ3v) is 4.69. The van der Waals surface area contributed by atoms with Crippen molar-refractivity contribution in [1.29, 1.82) is 5.26 Å². The van der Waals surface area contributed by atoms with Gasteiger partial charge in [0, 0.05) is 10.9 Å². The van der Waals surface area contributed by atoms with Crippen molar-refractivity contribution in [2.75, 3.05) is 13.7 Å². The average molecular weight is 378 g/mol. The number of allylic oxidation sites excluding steroid dienone is 1. The van der Waals surface area contributed by atoms with Crippen molar-refractivity contribution < 1.29 is 14.6 Å². The Hall–Kier alpha value is -3.30. The fourth-order valence-electron chi connectivity index (χ4n) is 2.51. The number of phenolic OH excluding ortho intramolecular Hbond substituents is 1. The van der Waals surface area contributed by atoms with Gasteiger partial charge in [-0.1, -0.05) is 18.2 Å². The van der Waals surface area contributed by atoms with Crippen molar-refractivity contribution in [3.8, 4) is 34.6 Å². The standard InChI is InChI=1S/C21H18N2O3S/c1-3-26-20-10-14(7-8-19(20)24)9-16(12-22)21-23-18(13-27-21)15-5-4-6-17(11-15)25-2/h4-11,13,24H,3H2,1-2H3. The predicted molar refractivity (Wildman–Crippen MR) is 107 cm³/mol. The number of nitrogens with zero attached hydrogens (tertiary/aromatic N) is 2. The second-order valence-electron chi connectivity index (χ2n) is 5.60. The summed E-state index contributed by atoms with van der Waals surface area (Å²) in [5.41, 5.74) is 2.92. The lowest BCUT2D eigenvalue weighted by atomic mass is 10.1. The number of ether oxygens (including phenoxy) is 2. The van der Waals surface area contributed by atoms with E-state index in [4.69, 9.17) is 9.47 Å². The average Bonchev–Trinajstić information content (AvgIpc) is 3.19. The third kappa shape index (κ3) is 4.27. The van der Waals surface area contributed by atoms with Gasteiger partial charge >= 0.3 is 0 Å². The molecule has 27 heavy (non-hydrogen) atoms. The van der Waals surface area contributed by atoms with E-state index < -0.39 is 0 Å². The van der Waals surface area contributed by atoms with Gasteiger partial charge < -0.3 is 14.6 Å². The maximum Gasteiger partial charge on any atom is 0.161 e. The van der Waals surface area contributed by atoms with E-state index in [1.807, 2.05) is 36.6 Å². The zero-order valence-corrected chi connectivity index (χ0v) is 15.8. The number of phenols is 1. The van der Waals surface area contributed by atoms with Crippen LogP contribution in [0.3, 0.4) is 0 Å². The van der Waals surface area contributed by atoms with Gasteiger partial charge in [0.25, 0.3) is 0 Å². The Morgan fingerprint density at radius 3 is 2.89 bits per heavy atom. The molecule has 2 aromatic carbocycles. The molecule has 0 spiro atoms. The highest BCUT2D eigenvalue weighted by Gasteiger charge is 2.11. The maximum absolute atomic E-state index is 9.82. The molecule has 0 aliphatic heterocycles. The van der Waals surface area contributed by atoms with Crippen molar-refractivity contribution >= 4 is 23.0 Å². The van der Waals surface area contributed by atoms with E-state index in [1.54, 1.807) is 31.4 Å². The van der Waals surface area contributed by atoms with Gasteiger partial charge in [-0.25, -0.2) is 4.98 Å². The molecule has 0 aliphatic carbocycles. The number of aromatic hydroxyl groups is 1. The highest BCUT2D eigenvalue weighted by atomic mass is 32.1. The van der Waals surface area contributed by atoms with Crippen molar-refractivity contribution in [2.45, 2.75) is 6.92 Å². The van der Waals surface area contributed by atoms with Gasteiger partial charge in [-0.3, -0.25) is 0 Å². The zero-order chi connectivity index (χ0) is 19.2. The van der Waals surface area contributed by atoms with Crippen molar-refractivity contribution in [1.82, 2.24) is 4.98 Å². The summed E-state index contributed by atoms with van der Waals surface area (Å²) in [4.78, 5) is 4.59. The van der Waals surface area contributed by atoms with E-state index in [0.29, 0.717) is 22.9 Å². The van der Waals surface area contributed by atoms with Crippen LogP contribution < -0.4 is 9.47 Å². The summed E-state index contributed by atoms with van der Waals surface area (Å²) in [7, 11) is 1.62. The minimum absolute atomic E-state index is 0.0714. The fraction of sp³-hybridized carbons (Fsp3) is 0.143. The Morgan fingerprint density at radius 1 is 1.30 bits per heavy atom. The molecule has 0 atom stereocenters. The highest BCUT2D eigenvalue weighted by Crippen LogP contribution is 2.31. The summed E-state index contributed by atoms with van der Waals surface area (Å²) < 4.78 is 10.6. The van der Waals surface area contributed by atoms with E-state index in [0.717, 1.165) is 22.6 Å². The van der Waals surface area contributed by atoms with E-state index in [1.165, 1.54) is 11.3 Å². The van der Waals surface area contributed by atoms with Crippen LogP contribution in [0.2, 0.25) is 0 Å². The molecule has 1 heterocycles. The first-order chi connectivity index (χ1) is 13.1. The van der Waals surface area contributed by atoms with E-state index in [-0.39, 0.29) is 5.75 Å². The first kappa shape index (κ1) is 18.5. The lowest BCUT2D eigenvalue weighted by Crippen LogP contribution is -1.92. The normalized spacial score (nSPS) is 11.1. The third-order valence-electron chi connectivity index (χ3n) is 3.82. The SMILES string of the molecule is CCOc1cc(C=C(C#N)c2nc(-c3cccc(OC)c3)cs2)ccc1O. The molecule has 6 heteroatoms. The molecule has 0 radical (unpaired) electrons. The van der Waals surface area contributed by atoms with E-state index in [9.17, 15) is 10.4 Å². The predicted octanol–water partition coefficient (Wildman–Crippen LogP) is 4.99. The molecule has 0 aliphatic rings. The molecule has 0 saturated heterocycles. The zero-order valence-electron chi connectivity index (χ0n) is 15.0. The first-order valence-corrected chi connectivity index (χ1v) is 9.20. The summed E-state index contributed by atoms with van der Waals surface area (Å²) in [6.45, 7) is 2.29. The molecule has 1 N–H and O–H groups in total. The number of nitriles is 1. The summed E-state index contributed by atoms with van der Waals surface area (Å²) in [5, 5.41) is 21.9. The summed E-state index contributed by atoms with van der Waals surface area (Å²) in [6.07, 6.45) is 1.73. The Morgan fingerprint density at radius 2 is 2.15 bits per heavy atom. The quantitative estimate of drug-likeness (QED) is 0.612. The summed E-state index contributed by atoms with van der Waals surface area (Å²) in [6, 6.07) is 14.8. The number of hydrogen-bond donors (Lipinski definition) is 1. The van der Waals surface area contributed by atoms with Gasteiger partial charge in [0.05, 0.1) is 25.0 Å². The number of hydrogen-bond acceptors (Lipinski definition) is 6. The molecule has 5 nitrogen and oxygen atoms in total. The largest absolute Gasteiger partial charge is 0.504 e. The van der Waals surface area contributed by atoms with Gasteiger partial charge in [0.1, 0.15) is 16.8 Å². The molecule has 3 aromatic rings. The first-order valence-electron chi connectivity index (χ1n) is 8.32. The second-order valence-corrected chi connectivity index (χ2v) is 6.46.